The molecule has 0 bridgehead atoms. The van der Waals surface area contributed by atoms with Crippen LogP contribution in [0.4, 0.5) is 8.78 Å². The van der Waals surface area contributed by atoms with E-state index in [0.717, 1.165) is 18.2 Å². The minimum absolute atomic E-state index is 0.0299. The summed E-state index contributed by atoms with van der Waals surface area (Å²) in [5.74, 6) is -6.80. The van der Waals surface area contributed by atoms with Crippen molar-refractivity contribution >= 4 is 41.4 Å². The quantitative estimate of drug-likeness (QED) is 0.202. The third kappa shape index (κ3) is 10.4. The number of fused-ring (bicyclic) bond motifs is 2. The fourth-order valence-electron chi connectivity index (χ4n) is 6.49. The van der Waals surface area contributed by atoms with E-state index in [1.54, 1.807) is 24.3 Å². The van der Waals surface area contributed by atoms with Crippen molar-refractivity contribution in [2.45, 2.75) is 89.1 Å². The minimum Gasteiger partial charge on any atom is -0.461 e. The lowest BCUT2D eigenvalue weighted by molar-refractivity contribution is -0.158. The highest BCUT2D eigenvalue weighted by Gasteiger charge is 2.43. The Bertz CT molecular complexity index is 1660. The Morgan fingerprint density at radius 3 is 2.19 bits per heavy atom. The van der Waals surface area contributed by atoms with Crippen molar-refractivity contribution in [2.24, 2.45) is 0 Å². The van der Waals surface area contributed by atoms with Crippen LogP contribution >= 0.6 is 0 Å². The summed E-state index contributed by atoms with van der Waals surface area (Å²) in [6.07, 6.45) is 10.3. The van der Waals surface area contributed by atoms with Gasteiger partial charge in [-0.3, -0.25) is 28.8 Å². The largest absolute Gasteiger partial charge is 0.461 e. The first-order valence-corrected chi connectivity index (χ1v) is 17.6. The Morgan fingerprint density at radius 1 is 0.906 bits per heavy atom. The average molecular weight is 741 g/mol. The predicted molar refractivity (Wildman–Crippen MR) is 187 cm³/mol. The average Bonchev–Trinajstić information content (AvgIpc) is 3.81. The molecule has 0 radical (unpaired) electrons. The molecule has 3 saturated heterocycles. The molecule has 16 heteroatoms. The van der Waals surface area contributed by atoms with Crippen LogP contribution in [-0.4, -0.2) is 119 Å². The zero-order valence-corrected chi connectivity index (χ0v) is 30.2. The Hall–Kier alpha value is -5.41. The lowest BCUT2D eigenvalue weighted by Crippen LogP contribution is -2.60. The molecule has 53 heavy (non-hydrogen) atoms. The molecule has 3 aliphatic heterocycles. The molecular formula is C37H46F2N6O8. The summed E-state index contributed by atoms with van der Waals surface area (Å²) in [6, 6.07) is -4.50. The summed E-state index contributed by atoms with van der Waals surface area (Å²) < 4.78 is 33.8. The van der Waals surface area contributed by atoms with Gasteiger partial charge in [0.2, 0.25) is 35.4 Å². The highest BCUT2D eigenvalue weighted by Crippen LogP contribution is 2.23. The van der Waals surface area contributed by atoms with Crippen molar-refractivity contribution in [3.63, 3.8) is 0 Å². The van der Waals surface area contributed by atoms with Gasteiger partial charge in [-0.2, -0.15) is 0 Å². The number of cyclic esters (lactones) is 1. The van der Waals surface area contributed by atoms with Crippen molar-refractivity contribution in [1.82, 2.24) is 30.7 Å². The number of rotatable bonds is 8. The molecule has 6 atom stereocenters. The van der Waals surface area contributed by atoms with Gasteiger partial charge in [0.05, 0.1) is 0 Å². The van der Waals surface area contributed by atoms with Gasteiger partial charge in [-0.05, 0) is 64.2 Å². The lowest BCUT2D eigenvalue weighted by Gasteiger charge is -2.34. The minimum atomic E-state index is -1.58. The number of amides is 6. The number of ether oxygens (including phenoxy) is 1. The molecule has 0 aromatic heterocycles. The topological polar surface area (TPSA) is 175 Å². The molecule has 0 aliphatic carbocycles. The molecule has 0 spiro atoms. The number of hydrogen-bond donors (Lipinski definition) is 3. The molecule has 1 aromatic rings. The Labute approximate surface area is 306 Å². The zero-order valence-electron chi connectivity index (χ0n) is 30.2. The van der Waals surface area contributed by atoms with Crippen LogP contribution in [0.15, 0.2) is 54.7 Å². The highest BCUT2D eigenvalue weighted by molar-refractivity contribution is 5.98. The van der Waals surface area contributed by atoms with Gasteiger partial charge in [-0.25, -0.2) is 13.6 Å². The van der Waals surface area contributed by atoms with Crippen LogP contribution in [0.3, 0.4) is 0 Å². The van der Waals surface area contributed by atoms with Gasteiger partial charge in [0.1, 0.15) is 54.5 Å². The molecule has 3 fully saturated rings. The van der Waals surface area contributed by atoms with Crippen LogP contribution in [0.1, 0.15) is 52.0 Å². The Morgan fingerprint density at radius 2 is 1.53 bits per heavy atom. The van der Waals surface area contributed by atoms with E-state index < -0.39 is 95.9 Å². The Balaban J connectivity index is 1.67. The molecule has 0 saturated carbocycles. The summed E-state index contributed by atoms with van der Waals surface area (Å²) in [5, 5.41) is 7.65. The number of carbonyl (C=O) groups is 7. The molecule has 6 amide bonds. The van der Waals surface area contributed by atoms with Gasteiger partial charge in [-0.15, -0.1) is 0 Å². The standard InChI is InChI=1S/C37H46F2N6O8/c1-5-6-7-8-9-14-31(46)41-27(19-24-17-25(38)20-26(39)18-24)33(48)42-28-21-53-37(52)30-13-11-16-45(30)34(49)22(2)40-32(47)23(3)43(4)36(51)29-12-10-15-44(29)35(28)50/h5-9,14,17-18,20,22-23,27-30H,10-13,15-16,19,21H2,1-4H3,(H,40,47)(H,41,46)(H,42,48)/b6-5+,8-7+,14-9+/t22-,23-,27-,28-,29-,30-/m0/s1. The number of allylic oxidation sites excluding steroid dienone is 5. The molecule has 3 N–H and O–H groups in total. The van der Waals surface area contributed by atoms with E-state index in [9.17, 15) is 42.3 Å². The van der Waals surface area contributed by atoms with E-state index in [-0.39, 0.29) is 37.9 Å². The number of hydrogen-bond acceptors (Lipinski definition) is 8. The molecule has 3 aliphatic rings. The van der Waals surface area contributed by atoms with Crippen molar-refractivity contribution in [1.29, 1.82) is 0 Å². The number of nitrogens with one attached hydrogen (secondary N) is 3. The lowest BCUT2D eigenvalue weighted by atomic mass is 10.0. The van der Waals surface area contributed by atoms with Crippen LogP contribution in [0.2, 0.25) is 0 Å². The van der Waals surface area contributed by atoms with Gasteiger partial charge in [0.15, 0.2) is 0 Å². The molecular weight excluding hydrogens is 694 g/mol. The third-order valence-corrected chi connectivity index (χ3v) is 9.44. The van der Waals surface area contributed by atoms with Crippen LogP contribution in [-0.2, 0) is 44.7 Å². The number of halogens is 2. The van der Waals surface area contributed by atoms with Gasteiger partial charge < -0.3 is 35.4 Å². The first-order chi connectivity index (χ1) is 25.2. The predicted octanol–water partition coefficient (Wildman–Crippen LogP) is 1.06. The van der Waals surface area contributed by atoms with E-state index in [1.165, 1.54) is 41.7 Å². The highest BCUT2D eigenvalue weighted by atomic mass is 19.1. The van der Waals surface area contributed by atoms with Gasteiger partial charge in [0.25, 0.3) is 0 Å². The molecule has 4 rings (SSSR count). The van der Waals surface area contributed by atoms with Crippen LogP contribution in [0.25, 0.3) is 0 Å². The van der Waals surface area contributed by atoms with E-state index in [4.69, 9.17) is 4.74 Å². The monoisotopic (exact) mass is 740 g/mol. The smallest absolute Gasteiger partial charge is 0.328 e. The van der Waals surface area contributed by atoms with Crippen LogP contribution in [0.5, 0.6) is 0 Å². The fourth-order valence-corrected chi connectivity index (χ4v) is 6.49. The fraction of sp³-hybridized carbons (Fsp3) is 0.486. The van der Waals surface area contributed by atoms with E-state index in [1.807, 2.05) is 6.92 Å². The Kier molecular flexibility index (Phi) is 14.0. The molecule has 0 unspecified atom stereocenters. The van der Waals surface area contributed by atoms with Crippen molar-refractivity contribution in [3.05, 3.63) is 71.9 Å². The number of carbonyl (C=O) groups excluding carboxylic acids is 7. The van der Waals surface area contributed by atoms with Crippen molar-refractivity contribution in [2.75, 3.05) is 26.7 Å². The SMILES string of the molecule is C/C=C/C=C/C=C/C(=O)N[C@@H](Cc1cc(F)cc(F)c1)C(=O)N[C@H]1COC(=O)[C@@H]2CCCN2C(=O)[C@H](C)NC(=O)[C@H](C)N(C)C(=O)[C@@H]2CCCN2C1=O. The summed E-state index contributed by atoms with van der Waals surface area (Å²) in [4.78, 5) is 98.3. The first-order valence-electron chi connectivity index (χ1n) is 17.6. The second kappa shape index (κ2) is 18.4. The van der Waals surface area contributed by atoms with Gasteiger partial charge >= 0.3 is 5.97 Å². The normalized spacial score (nSPS) is 25.5. The van der Waals surface area contributed by atoms with E-state index >= 15 is 0 Å². The second-order valence-corrected chi connectivity index (χ2v) is 13.2. The van der Waals surface area contributed by atoms with Crippen LogP contribution in [0, 0.1) is 11.6 Å². The maximum atomic E-state index is 14.2. The molecule has 1 aromatic carbocycles. The van der Waals surface area contributed by atoms with Gasteiger partial charge in [0, 0.05) is 38.7 Å². The number of esters is 1. The van der Waals surface area contributed by atoms with Crippen molar-refractivity contribution < 1.29 is 47.1 Å². The van der Waals surface area contributed by atoms with E-state index in [0.29, 0.717) is 18.9 Å². The maximum absolute atomic E-state index is 14.2. The molecule has 286 valence electrons. The van der Waals surface area contributed by atoms with Crippen LogP contribution < -0.4 is 16.0 Å². The number of nitrogens with zero attached hydrogens (tertiary/aromatic N) is 3. The maximum Gasteiger partial charge on any atom is 0.328 e. The summed E-state index contributed by atoms with van der Waals surface area (Å²) in [6.45, 7) is 4.40. The molecule has 3 heterocycles. The van der Waals surface area contributed by atoms with Crippen molar-refractivity contribution in [3.8, 4) is 0 Å². The first kappa shape index (κ1) is 40.4. The summed E-state index contributed by atoms with van der Waals surface area (Å²) >= 11 is 0. The zero-order chi connectivity index (χ0) is 38.8. The molecule has 14 nitrogen and oxygen atoms in total. The number of benzene rings is 1. The second-order valence-electron chi connectivity index (χ2n) is 13.2. The summed E-state index contributed by atoms with van der Waals surface area (Å²) in [7, 11) is 1.41. The van der Waals surface area contributed by atoms with E-state index in [2.05, 4.69) is 16.0 Å². The van der Waals surface area contributed by atoms with Gasteiger partial charge in [-0.1, -0.05) is 30.4 Å². The third-order valence-electron chi connectivity index (χ3n) is 9.44. The number of likely N-dealkylation sites (N-methyl/N-ethyl adjacent to an activating group) is 1. The summed E-state index contributed by atoms with van der Waals surface area (Å²) in [5.41, 5.74) is 0.0299.